The lowest BCUT2D eigenvalue weighted by atomic mass is 9.86. The highest BCUT2D eigenvalue weighted by Gasteiger charge is 2.55. The summed E-state index contributed by atoms with van der Waals surface area (Å²) in [5, 5.41) is 2.86. The van der Waals surface area contributed by atoms with Gasteiger partial charge in [-0.2, -0.15) is 4.31 Å². The molecular weight excluding hydrogens is 420 g/mol. The summed E-state index contributed by atoms with van der Waals surface area (Å²) in [5.41, 5.74) is -0.419. The molecule has 4 amide bonds. The van der Waals surface area contributed by atoms with Crippen LogP contribution in [-0.2, 0) is 14.8 Å². The fourth-order valence-electron chi connectivity index (χ4n) is 4.73. The van der Waals surface area contributed by atoms with Crippen molar-refractivity contribution in [1.82, 2.24) is 19.4 Å². The maximum atomic E-state index is 13.3. The number of nitrogens with zero attached hydrogens (tertiary/aromatic N) is 3. The van der Waals surface area contributed by atoms with Gasteiger partial charge in [-0.3, -0.25) is 14.5 Å². The zero-order chi connectivity index (χ0) is 22.2. The molecule has 1 unspecified atom stereocenters. The Hall–Kier alpha value is -2.46. The maximum Gasteiger partial charge on any atom is 0.325 e. The Kier molecular flexibility index (Phi) is 5.78. The van der Waals surface area contributed by atoms with Crippen molar-refractivity contribution in [2.45, 2.75) is 44.2 Å². The highest BCUT2D eigenvalue weighted by molar-refractivity contribution is 7.89. The van der Waals surface area contributed by atoms with Gasteiger partial charge in [0.15, 0.2) is 0 Å². The van der Waals surface area contributed by atoms with Crippen molar-refractivity contribution in [3.05, 3.63) is 35.9 Å². The minimum atomic E-state index is -3.38. The summed E-state index contributed by atoms with van der Waals surface area (Å²) >= 11 is 0. The lowest BCUT2D eigenvalue weighted by Crippen LogP contribution is -2.57. The number of hydrogen-bond acceptors (Lipinski definition) is 5. The third-order valence-corrected chi connectivity index (χ3v) is 8.45. The first-order valence-corrected chi connectivity index (χ1v) is 12.4. The van der Waals surface area contributed by atoms with Crippen molar-refractivity contribution < 1.29 is 22.8 Å². The van der Waals surface area contributed by atoms with Crippen LogP contribution in [0.5, 0.6) is 0 Å². The Labute approximate surface area is 182 Å². The Morgan fingerprint density at radius 2 is 1.81 bits per heavy atom. The van der Waals surface area contributed by atoms with Gasteiger partial charge < -0.3 is 10.2 Å². The van der Waals surface area contributed by atoms with Gasteiger partial charge in [0.1, 0.15) is 5.54 Å². The largest absolute Gasteiger partial charge is 0.338 e. The maximum absolute atomic E-state index is 13.3. The fourth-order valence-corrected chi connectivity index (χ4v) is 5.91. The molecule has 168 valence electrons. The molecule has 1 spiro atoms. The van der Waals surface area contributed by atoms with Gasteiger partial charge >= 0.3 is 6.03 Å². The monoisotopic (exact) mass is 448 g/mol. The van der Waals surface area contributed by atoms with Gasteiger partial charge in [-0.1, -0.05) is 18.2 Å². The molecule has 0 bridgehead atoms. The van der Waals surface area contributed by atoms with Crippen molar-refractivity contribution in [3.63, 3.8) is 0 Å². The second kappa shape index (κ2) is 8.23. The number of benzene rings is 1. The Bertz CT molecular complexity index is 973. The molecule has 0 saturated carbocycles. The number of carbonyl (C=O) groups excluding carboxylic acids is 3. The first-order chi connectivity index (χ1) is 14.8. The number of amides is 4. The van der Waals surface area contributed by atoms with Gasteiger partial charge in [0, 0.05) is 31.7 Å². The second-order valence-electron chi connectivity index (χ2n) is 8.40. The normalized spacial score (nSPS) is 24.5. The Morgan fingerprint density at radius 3 is 2.45 bits per heavy atom. The predicted octanol–water partition coefficient (Wildman–Crippen LogP) is 1.03. The van der Waals surface area contributed by atoms with Crippen LogP contribution in [0.3, 0.4) is 0 Å². The van der Waals surface area contributed by atoms with Gasteiger partial charge in [-0.15, -0.1) is 0 Å². The minimum Gasteiger partial charge on any atom is -0.338 e. The summed E-state index contributed by atoms with van der Waals surface area (Å²) in [6.45, 7) is 2.89. The van der Waals surface area contributed by atoms with E-state index in [1.165, 1.54) is 9.21 Å². The Balaban J connectivity index is 1.45. The van der Waals surface area contributed by atoms with E-state index in [4.69, 9.17) is 0 Å². The number of carbonyl (C=O) groups is 3. The van der Waals surface area contributed by atoms with Gasteiger partial charge in [-0.05, 0) is 44.7 Å². The van der Waals surface area contributed by atoms with E-state index in [0.717, 1.165) is 0 Å². The van der Waals surface area contributed by atoms with E-state index >= 15 is 0 Å². The zero-order valence-corrected chi connectivity index (χ0v) is 18.4. The molecule has 1 atom stereocenters. The molecule has 4 rings (SSSR count). The highest BCUT2D eigenvalue weighted by Crippen LogP contribution is 2.33. The predicted molar refractivity (Wildman–Crippen MR) is 114 cm³/mol. The SMILES string of the molecule is CCS(=O)(=O)N1CCCC(N2C(=O)NC3(CCN(C(=O)c4ccccc4)CC3)C2=O)C1. The van der Waals surface area contributed by atoms with E-state index in [1.807, 2.05) is 18.2 Å². The molecule has 3 aliphatic rings. The molecule has 1 N–H and O–H groups in total. The number of likely N-dealkylation sites (tertiary alicyclic amines) is 1. The van der Waals surface area contributed by atoms with E-state index in [9.17, 15) is 22.8 Å². The van der Waals surface area contributed by atoms with Gasteiger partial charge in [0.05, 0.1) is 11.8 Å². The van der Waals surface area contributed by atoms with E-state index < -0.39 is 27.6 Å². The molecule has 0 aliphatic carbocycles. The summed E-state index contributed by atoms with van der Waals surface area (Å²) in [6.07, 6.45) is 1.88. The molecule has 31 heavy (non-hydrogen) atoms. The summed E-state index contributed by atoms with van der Waals surface area (Å²) in [6, 6.07) is 8.06. The standard InChI is InChI=1S/C21H28N4O5S/c1-2-31(29,30)24-12-6-9-17(15-24)25-19(27)21(22-20(25)28)10-13-23(14-11-21)18(26)16-7-4-3-5-8-16/h3-5,7-8,17H,2,6,9-15H2,1H3,(H,22,28). The number of imide groups is 1. The van der Waals surface area contributed by atoms with E-state index in [-0.39, 0.29) is 24.1 Å². The number of rotatable bonds is 4. The van der Waals surface area contributed by atoms with Crippen LogP contribution in [0.2, 0.25) is 0 Å². The molecule has 0 aromatic heterocycles. The van der Waals surface area contributed by atoms with Crippen molar-refractivity contribution >= 4 is 27.9 Å². The molecule has 3 aliphatic heterocycles. The van der Waals surface area contributed by atoms with Crippen molar-refractivity contribution in [2.24, 2.45) is 0 Å². The molecular formula is C21H28N4O5S. The van der Waals surface area contributed by atoms with Crippen LogP contribution in [0.1, 0.15) is 43.0 Å². The first-order valence-electron chi connectivity index (χ1n) is 10.8. The van der Waals surface area contributed by atoms with Gasteiger partial charge in [0.25, 0.3) is 11.8 Å². The molecule has 1 aromatic carbocycles. The van der Waals surface area contributed by atoms with Crippen molar-refractivity contribution in [2.75, 3.05) is 31.9 Å². The summed E-state index contributed by atoms with van der Waals surface area (Å²) in [7, 11) is -3.38. The summed E-state index contributed by atoms with van der Waals surface area (Å²) in [5.74, 6) is -0.392. The second-order valence-corrected chi connectivity index (χ2v) is 10.7. The van der Waals surface area contributed by atoms with Gasteiger partial charge in [0.2, 0.25) is 10.0 Å². The summed E-state index contributed by atoms with van der Waals surface area (Å²) in [4.78, 5) is 41.7. The number of hydrogen-bond donors (Lipinski definition) is 1. The molecule has 3 fully saturated rings. The lowest BCUT2D eigenvalue weighted by Gasteiger charge is -2.38. The zero-order valence-electron chi connectivity index (χ0n) is 17.6. The Morgan fingerprint density at radius 1 is 1.13 bits per heavy atom. The topological polar surface area (TPSA) is 107 Å². The molecule has 10 heteroatoms. The highest BCUT2D eigenvalue weighted by atomic mass is 32.2. The van der Waals surface area contributed by atoms with E-state index in [0.29, 0.717) is 50.9 Å². The van der Waals surface area contributed by atoms with Crippen LogP contribution in [0.4, 0.5) is 4.79 Å². The van der Waals surface area contributed by atoms with Crippen LogP contribution in [0, 0.1) is 0 Å². The van der Waals surface area contributed by atoms with Crippen molar-refractivity contribution in [1.29, 1.82) is 0 Å². The number of sulfonamides is 1. The van der Waals surface area contributed by atoms with Crippen molar-refractivity contribution in [3.8, 4) is 0 Å². The van der Waals surface area contributed by atoms with Crippen LogP contribution in [0.15, 0.2) is 30.3 Å². The van der Waals surface area contributed by atoms with Crippen LogP contribution in [0.25, 0.3) is 0 Å². The number of nitrogens with one attached hydrogen (secondary N) is 1. The first kappa shape index (κ1) is 21.8. The van der Waals surface area contributed by atoms with Gasteiger partial charge in [-0.25, -0.2) is 13.2 Å². The molecule has 3 saturated heterocycles. The average molecular weight is 449 g/mol. The quantitative estimate of drug-likeness (QED) is 0.693. The lowest BCUT2D eigenvalue weighted by molar-refractivity contribution is -0.134. The molecule has 1 aromatic rings. The number of piperidine rings is 2. The van der Waals surface area contributed by atoms with E-state index in [2.05, 4.69) is 5.32 Å². The summed E-state index contributed by atoms with van der Waals surface area (Å²) < 4.78 is 25.9. The van der Waals surface area contributed by atoms with Crippen LogP contribution >= 0.6 is 0 Å². The molecule has 3 heterocycles. The third-order valence-electron chi connectivity index (χ3n) is 6.60. The molecule has 9 nitrogen and oxygen atoms in total. The fraction of sp³-hybridized carbons (Fsp3) is 0.571. The average Bonchev–Trinajstić information content (AvgIpc) is 3.03. The van der Waals surface area contributed by atoms with Crippen LogP contribution in [-0.4, -0.2) is 83.9 Å². The minimum absolute atomic E-state index is 0.00488. The van der Waals surface area contributed by atoms with E-state index in [1.54, 1.807) is 24.0 Å². The number of urea groups is 1. The van der Waals surface area contributed by atoms with Crippen LogP contribution < -0.4 is 5.32 Å². The molecule has 0 radical (unpaired) electrons. The smallest absolute Gasteiger partial charge is 0.325 e. The third kappa shape index (κ3) is 3.94.